The van der Waals surface area contributed by atoms with Gasteiger partial charge in [0.2, 0.25) is 0 Å². The van der Waals surface area contributed by atoms with Gasteiger partial charge in [0.25, 0.3) is 0 Å². The summed E-state index contributed by atoms with van der Waals surface area (Å²) in [5.41, 5.74) is -1.07. The van der Waals surface area contributed by atoms with Crippen LogP contribution < -0.4 is 0 Å². The van der Waals surface area contributed by atoms with Crippen molar-refractivity contribution >= 4 is 22.4 Å². The number of hydrogen-bond donors (Lipinski definition) is 1. The molecule has 0 radical (unpaired) electrons. The second-order valence-corrected chi connectivity index (χ2v) is 5.39. The molecule has 0 bridgehead atoms. The van der Waals surface area contributed by atoms with E-state index in [2.05, 4.69) is 4.98 Å². The molecule has 1 unspecified atom stereocenters. The first-order chi connectivity index (χ1) is 10.9. The average Bonchev–Trinajstić information content (AvgIpc) is 2.52. The Kier molecular flexibility index (Phi) is 4.00. The number of aromatic nitrogens is 1. The van der Waals surface area contributed by atoms with E-state index in [1.807, 2.05) is 18.2 Å². The summed E-state index contributed by atoms with van der Waals surface area (Å²) in [5.74, 6) is 0. The first kappa shape index (κ1) is 15.8. The van der Waals surface area contributed by atoms with Crippen LogP contribution in [-0.4, -0.2) is 10.1 Å². The molecule has 1 N–H and O–H groups in total. The highest BCUT2D eigenvalue weighted by Crippen LogP contribution is 2.40. The van der Waals surface area contributed by atoms with Crippen molar-refractivity contribution in [2.45, 2.75) is 12.3 Å². The Balaban J connectivity index is 2.23. The van der Waals surface area contributed by atoms with Crippen molar-refractivity contribution in [1.29, 1.82) is 0 Å². The van der Waals surface area contributed by atoms with Crippen LogP contribution in [0.1, 0.15) is 22.8 Å². The van der Waals surface area contributed by atoms with Gasteiger partial charge in [-0.25, -0.2) is 4.98 Å². The normalized spacial score (nSPS) is 13.3. The van der Waals surface area contributed by atoms with Gasteiger partial charge in [-0.05, 0) is 22.4 Å². The maximum Gasteiger partial charge on any atom is 0.416 e. The minimum absolute atomic E-state index is 0.350. The van der Waals surface area contributed by atoms with Gasteiger partial charge in [-0.1, -0.05) is 54.1 Å². The fourth-order valence-electron chi connectivity index (χ4n) is 2.60. The van der Waals surface area contributed by atoms with Crippen molar-refractivity contribution in [2.75, 3.05) is 0 Å². The molecule has 0 saturated heterocycles. The lowest BCUT2D eigenvalue weighted by Crippen LogP contribution is -2.14. The first-order valence-electron chi connectivity index (χ1n) is 6.77. The van der Waals surface area contributed by atoms with Crippen molar-refractivity contribution in [3.8, 4) is 0 Å². The molecular weight excluding hydrogens is 327 g/mol. The molecule has 6 heteroatoms. The molecule has 118 valence electrons. The van der Waals surface area contributed by atoms with E-state index in [-0.39, 0.29) is 5.15 Å². The SMILES string of the molecule is OC(c1c(C(F)(F)F)ccnc1Cl)c1cccc2ccccc12. The summed E-state index contributed by atoms with van der Waals surface area (Å²) in [5, 5.41) is 11.7. The molecular formula is C17H11ClF3NO. The zero-order valence-corrected chi connectivity index (χ0v) is 12.4. The molecule has 0 aliphatic carbocycles. The molecule has 1 atom stereocenters. The zero-order chi connectivity index (χ0) is 16.6. The van der Waals surface area contributed by atoms with Crippen LogP contribution in [-0.2, 0) is 6.18 Å². The Hall–Kier alpha value is -2.11. The van der Waals surface area contributed by atoms with Crippen molar-refractivity contribution in [3.63, 3.8) is 0 Å². The first-order valence-corrected chi connectivity index (χ1v) is 7.14. The zero-order valence-electron chi connectivity index (χ0n) is 11.7. The average molecular weight is 338 g/mol. The summed E-state index contributed by atoms with van der Waals surface area (Å²) in [6, 6.07) is 13.0. The van der Waals surface area contributed by atoms with Crippen molar-refractivity contribution in [1.82, 2.24) is 4.98 Å². The number of aliphatic hydroxyl groups excluding tert-OH is 1. The van der Waals surface area contributed by atoms with E-state index >= 15 is 0 Å². The number of aliphatic hydroxyl groups is 1. The lowest BCUT2D eigenvalue weighted by atomic mass is 9.94. The lowest BCUT2D eigenvalue weighted by Gasteiger charge is -2.19. The van der Waals surface area contributed by atoms with Crippen LogP contribution in [0.3, 0.4) is 0 Å². The van der Waals surface area contributed by atoms with Gasteiger partial charge in [0.15, 0.2) is 0 Å². The molecule has 2 aromatic carbocycles. The van der Waals surface area contributed by atoms with Crippen LogP contribution in [0.25, 0.3) is 10.8 Å². The molecule has 2 nitrogen and oxygen atoms in total. The van der Waals surface area contributed by atoms with E-state index in [1.165, 1.54) is 0 Å². The molecule has 0 saturated carbocycles. The smallest absolute Gasteiger partial charge is 0.384 e. The standard InChI is InChI=1S/C17H11ClF3NO/c18-16-14(13(8-9-22-16)17(19,20)21)15(23)12-7-3-5-10-4-1-2-6-11(10)12/h1-9,15,23H. The number of alkyl halides is 3. The van der Waals surface area contributed by atoms with Gasteiger partial charge >= 0.3 is 6.18 Å². The van der Waals surface area contributed by atoms with Crippen molar-refractivity contribution < 1.29 is 18.3 Å². The summed E-state index contributed by atoms with van der Waals surface area (Å²) < 4.78 is 39.7. The molecule has 0 amide bonds. The van der Waals surface area contributed by atoms with E-state index in [0.717, 1.165) is 17.6 Å². The van der Waals surface area contributed by atoms with Crippen molar-refractivity contribution in [3.05, 3.63) is 76.6 Å². The van der Waals surface area contributed by atoms with Crippen LogP contribution in [0, 0.1) is 0 Å². The summed E-state index contributed by atoms with van der Waals surface area (Å²) >= 11 is 5.86. The Morgan fingerprint density at radius 1 is 1.00 bits per heavy atom. The number of benzene rings is 2. The number of nitrogens with zero attached hydrogens (tertiary/aromatic N) is 1. The van der Waals surface area contributed by atoms with Crippen LogP contribution in [0.15, 0.2) is 54.7 Å². The molecule has 3 rings (SSSR count). The third kappa shape index (κ3) is 2.90. The largest absolute Gasteiger partial charge is 0.416 e. The van der Waals surface area contributed by atoms with Gasteiger partial charge in [-0.3, -0.25) is 0 Å². The summed E-state index contributed by atoms with van der Waals surface area (Å²) in [7, 11) is 0. The van der Waals surface area contributed by atoms with Gasteiger partial charge in [-0.2, -0.15) is 13.2 Å². The quantitative estimate of drug-likeness (QED) is 0.668. The van der Waals surface area contributed by atoms with E-state index in [4.69, 9.17) is 11.6 Å². The number of halogens is 4. The number of pyridine rings is 1. The maximum absolute atomic E-state index is 13.2. The minimum Gasteiger partial charge on any atom is -0.384 e. The number of rotatable bonds is 2. The molecule has 3 aromatic rings. The third-order valence-corrected chi connectivity index (χ3v) is 3.94. The van der Waals surface area contributed by atoms with E-state index in [9.17, 15) is 18.3 Å². The second kappa shape index (κ2) is 5.83. The van der Waals surface area contributed by atoms with E-state index in [1.54, 1.807) is 24.3 Å². The molecule has 1 heterocycles. The topological polar surface area (TPSA) is 33.1 Å². The molecule has 0 fully saturated rings. The summed E-state index contributed by atoms with van der Waals surface area (Å²) in [6.45, 7) is 0. The lowest BCUT2D eigenvalue weighted by molar-refractivity contribution is -0.139. The van der Waals surface area contributed by atoms with Crippen molar-refractivity contribution in [2.24, 2.45) is 0 Å². The summed E-state index contributed by atoms with van der Waals surface area (Å²) in [4.78, 5) is 3.69. The number of fused-ring (bicyclic) bond motifs is 1. The molecule has 23 heavy (non-hydrogen) atoms. The van der Waals surface area contributed by atoms with Gasteiger partial charge in [0.05, 0.1) is 5.56 Å². The fraction of sp³-hybridized carbons (Fsp3) is 0.118. The van der Waals surface area contributed by atoms with Crippen LogP contribution >= 0.6 is 11.6 Å². The minimum atomic E-state index is -4.63. The van der Waals surface area contributed by atoms with E-state index in [0.29, 0.717) is 10.9 Å². The third-order valence-electron chi connectivity index (χ3n) is 3.64. The Morgan fingerprint density at radius 3 is 2.43 bits per heavy atom. The number of hydrogen-bond acceptors (Lipinski definition) is 2. The predicted molar refractivity (Wildman–Crippen MR) is 82.3 cm³/mol. The monoisotopic (exact) mass is 337 g/mol. The molecule has 0 spiro atoms. The Labute approximate surface area is 135 Å². The van der Waals surface area contributed by atoms with Crippen LogP contribution in [0.4, 0.5) is 13.2 Å². The second-order valence-electron chi connectivity index (χ2n) is 5.03. The van der Waals surface area contributed by atoms with Gasteiger partial charge < -0.3 is 5.11 Å². The predicted octanol–water partition coefficient (Wildman–Crippen LogP) is 4.99. The van der Waals surface area contributed by atoms with Gasteiger partial charge in [0.1, 0.15) is 11.3 Å². The van der Waals surface area contributed by atoms with Crippen LogP contribution in [0.2, 0.25) is 5.15 Å². The highest BCUT2D eigenvalue weighted by molar-refractivity contribution is 6.30. The van der Waals surface area contributed by atoms with E-state index < -0.39 is 23.4 Å². The highest BCUT2D eigenvalue weighted by atomic mass is 35.5. The fourth-order valence-corrected chi connectivity index (χ4v) is 2.86. The molecule has 1 aromatic heterocycles. The molecule has 0 aliphatic rings. The van der Waals surface area contributed by atoms with Gasteiger partial charge in [-0.15, -0.1) is 0 Å². The molecule has 0 aliphatic heterocycles. The Bertz CT molecular complexity index is 859. The highest BCUT2D eigenvalue weighted by Gasteiger charge is 2.37. The summed E-state index contributed by atoms with van der Waals surface area (Å²) in [6.07, 6.45) is -5.18. The van der Waals surface area contributed by atoms with Gasteiger partial charge in [0, 0.05) is 11.8 Å². The van der Waals surface area contributed by atoms with Crippen LogP contribution in [0.5, 0.6) is 0 Å². The maximum atomic E-state index is 13.2. The Morgan fingerprint density at radius 2 is 1.70 bits per heavy atom.